The van der Waals surface area contributed by atoms with Crippen LogP contribution in [-0.2, 0) is 4.74 Å². The summed E-state index contributed by atoms with van der Waals surface area (Å²) in [6.45, 7) is -0.143. The van der Waals surface area contributed by atoms with Crippen LogP contribution in [0.5, 0.6) is 0 Å². The van der Waals surface area contributed by atoms with Gasteiger partial charge in [-0.1, -0.05) is 0 Å². The maximum absolute atomic E-state index is 11.9. The van der Waals surface area contributed by atoms with Crippen molar-refractivity contribution in [3.05, 3.63) is 18.7 Å². The van der Waals surface area contributed by atoms with Gasteiger partial charge in [-0.05, 0) is 0 Å². The van der Waals surface area contributed by atoms with Crippen LogP contribution in [0.15, 0.2) is 18.7 Å². The van der Waals surface area contributed by atoms with Crippen LogP contribution in [0.3, 0.4) is 0 Å². The Bertz CT molecular complexity index is 550. The number of ether oxygens (including phenoxy) is 1. The van der Waals surface area contributed by atoms with Gasteiger partial charge in [-0.3, -0.25) is 4.57 Å². The molecule has 2 aromatic heterocycles. The molecule has 0 spiro atoms. The molecule has 0 aliphatic rings. The highest BCUT2D eigenvalue weighted by Crippen LogP contribution is 2.08. The van der Waals surface area contributed by atoms with Crippen molar-refractivity contribution in [2.24, 2.45) is 0 Å². The highest BCUT2D eigenvalue weighted by atomic mass is 19.3. The average Bonchev–Trinajstić information content (AvgIpc) is 3.00. The molecule has 114 valence electrons. The second-order valence-electron chi connectivity index (χ2n) is 3.90. The molecule has 0 bridgehead atoms. The van der Waals surface area contributed by atoms with Gasteiger partial charge in [0.15, 0.2) is 0 Å². The summed E-state index contributed by atoms with van der Waals surface area (Å²) in [4.78, 5) is 16.4. The molecule has 2 aromatic rings. The van der Waals surface area contributed by atoms with E-state index in [-0.39, 0.29) is 6.61 Å². The molecule has 0 saturated carbocycles. The fourth-order valence-electron chi connectivity index (χ4n) is 1.46. The number of hydrogen-bond donors (Lipinski definition) is 2. The summed E-state index contributed by atoms with van der Waals surface area (Å²) in [5.41, 5.74) is 0. The number of alkyl halides is 2. The lowest BCUT2D eigenvalue weighted by Gasteiger charge is -2.09. The minimum absolute atomic E-state index is 0.130. The lowest BCUT2D eigenvalue weighted by atomic mass is 10.6. The van der Waals surface area contributed by atoms with E-state index in [1.165, 1.54) is 0 Å². The van der Waals surface area contributed by atoms with Crippen LogP contribution in [0, 0.1) is 0 Å². The summed E-state index contributed by atoms with van der Waals surface area (Å²) >= 11 is 0. The van der Waals surface area contributed by atoms with Crippen LogP contribution < -0.4 is 10.6 Å². The Balaban J connectivity index is 1.97. The molecule has 0 radical (unpaired) electrons. The lowest BCUT2D eigenvalue weighted by molar-refractivity contribution is 0.0214. The summed E-state index contributed by atoms with van der Waals surface area (Å²) in [5.74, 6) is 1.09. The fraction of sp³-hybridized carbons (Fsp3) is 0.455. The number of anilines is 2. The summed E-state index contributed by atoms with van der Waals surface area (Å²) in [7, 11) is 1.68. The van der Waals surface area contributed by atoms with Gasteiger partial charge in [0, 0.05) is 26.0 Å². The first-order valence-corrected chi connectivity index (χ1v) is 6.21. The molecule has 2 rings (SSSR count). The van der Waals surface area contributed by atoms with E-state index in [4.69, 9.17) is 4.74 Å². The molecule has 0 fully saturated rings. The van der Waals surface area contributed by atoms with Crippen molar-refractivity contribution in [1.29, 1.82) is 0 Å². The zero-order chi connectivity index (χ0) is 15.1. The zero-order valence-electron chi connectivity index (χ0n) is 11.3. The van der Waals surface area contributed by atoms with E-state index in [1.807, 2.05) is 0 Å². The normalized spacial score (nSPS) is 10.9. The van der Waals surface area contributed by atoms with Gasteiger partial charge in [0.05, 0.1) is 6.61 Å². The van der Waals surface area contributed by atoms with Crippen molar-refractivity contribution in [3.8, 4) is 5.95 Å². The SMILES string of the molecule is CNc1nc(NCCOCC(F)F)nc(-n2ccnc2)n1. The summed E-state index contributed by atoms with van der Waals surface area (Å²) in [5, 5.41) is 5.71. The van der Waals surface area contributed by atoms with Crippen molar-refractivity contribution < 1.29 is 13.5 Å². The highest BCUT2D eigenvalue weighted by molar-refractivity contribution is 5.37. The van der Waals surface area contributed by atoms with E-state index in [0.717, 1.165) is 0 Å². The summed E-state index contributed by atoms with van der Waals surface area (Å²) in [6, 6.07) is 0. The van der Waals surface area contributed by atoms with E-state index in [0.29, 0.717) is 24.4 Å². The third kappa shape index (κ3) is 4.60. The molecule has 0 aromatic carbocycles. The van der Waals surface area contributed by atoms with Gasteiger partial charge in [0.2, 0.25) is 17.8 Å². The molecular weight excluding hydrogens is 284 g/mol. The predicted octanol–water partition coefficient (Wildman–Crippen LogP) is 0.793. The first-order chi connectivity index (χ1) is 10.2. The second kappa shape index (κ2) is 7.43. The van der Waals surface area contributed by atoms with Crippen LogP contribution in [0.4, 0.5) is 20.7 Å². The van der Waals surface area contributed by atoms with Crippen molar-refractivity contribution in [2.45, 2.75) is 6.43 Å². The number of rotatable bonds is 8. The Morgan fingerprint density at radius 3 is 2.76 bits per heavy atom. The molecule has 0 atom stereocenters. The maximum Gasteiger partial charge on any atom is 0.261 e. The van der Waals surface area contributed by atoms with Crippen LogP contribution in [0.1, 0.15) is 0 Å². The zero-order valence-corrected chi connectivity index (χ0v) is 11.3. The predicted molar refractivity (Wildman–Crippen MR) is 71.8 cm³/mol. The van der Waals surface area contributed by atoms with Gasteiger partial charge < -0.3 is 15.4 Å². The molecule has 0 unspecified atom stereocenters. The molecule has 10 heteroatoms. The van der Waals surface area contributed by atoms with E-state index in [1.54, 1.807) is 30.3 Å². The van der Waals surface area contributed by atoms with Crippen LogP contribution >= 0.6 is 0 Å². The number of nitrogens with zero attached hydrogens (tertiary/aromatic N) is 5. The Kier molecular flexibility index (Phi) is 5.32. The Morgan fingerprint density at radius 1 is 1.29 bits per heavy atom. The smallest absolute Gasteiger partial charge is 0.261 e. The monoisotopic (exact) mass is 299 g/mol. The number of hydrogen-bond acceptors (Lipinski definition) is 7. The molecule has 0 amide bonds. The minimum Gasteiger partial charge on any atom is -0.374 e. The third-order valence-corrected chi connectivity index (χ3v) is 2.36. The molecule has 21 heavy (non-hydrogen) atoms. The van der Waals surface area contributed by atoms with Gasteiger partial charge in [0.25, 0.3) is 6.43 Å². The average molecular weight is 299 g/mol. The van der Waals surface area contributed by atoms with Gasteiger partial charge >= 0.3 is 0 Å². The Hall–Kier alpha value is -2.36. The minimum atomic E-state index is -2.47. The Labute approximate surface area is 119 Å². The first kappa shape index (κ1) is 15.0. The summed E-state index contributed by atoms with van der Waals surface area (Å²) in [6.07, 6.45) is 2.40. The van der Waals surface area contributed by atoms with E-state index >= 15 is 0 Å². The van der Waals surface area contributed by atoms with Crippen molar-refractivity contribution >= 4 is 11.9 Å². The number of imidazole rings is 1. The first-order valence-electron chi connectivity index (χ1n) is 6.21. The quantitative estimate of drug-likeness (QED) is 0.697. The maximum atomic E-state index is 11.9. The molecule has 0 aliphatic heterocycles. The van der Waals surface area contributed by atoms with Crippen molar-refractivity contribution in [1.82, 2.24) is 24.5 Å². The van der Waals surface area contributed by atoms with Crippen LogP contribution in [0.2, 0.25) is 0 Å². The Morgan fingerprint density at radius 2 is 2.10 bits per heavy atom. The number of halogens is 2. The molecular formula is C11H15F2N7O. The van der Waals surface area contributed by atoms with Gasteiger partial charge in [-0.25, -0.2) is 13.8 Å². The standard InChI is InChI=1S/C11H15F2N7O/c1-14-9-17-10(16-3-5-21-6-8(12)13)19-11(18-9)20-4-2-15-7-20/h2,4,7-8H,3,5-6H2,1H3,(H2,14,16,17,18,19). The highest BCUT2D eigenvalue weighted by Gasteiger charge is 2.07. The van der Waals surface area contributed by atoms with E-state index < -0.39 is 13.0 Å². The molecule has 8 nitrogen and oxygen atoms in total. The van der Waals surface area contributed by atoms with Gasteiger partial charge in [0.1, 0.15) is 12.9 Å². The van der Waals surface area contributed by atoms with Crippen LogP contribution in [0.25, 0.3) is 5.95 Å². The number of aromatic nitrogens is 5. The number of nitrogens with one attached hydrogen (secondary N) is 2. The topological polar surface area (TPSA) is 89.8 Å². The van der Waals surface area contributed by atoms with E-state index in [9.17, 15) is 8.78 Å². The van der Waals surface area contributed by atoms with Crippen molar-refractivity contribution in [2.75, 3.05) is 37.4 Å². The van der Waals surface area contributed by atoms with E-state index in [2.05, 4.69) is 30.6 Å². The molecule has 0 saturated heterocycles. The molecule has 2 heterocycles. The largest absolute Gasteiger partial charge is 0.374 e. The van der Waals surface area contributed by atoms with Gasteiger partial charge in [-0.15, -0.1) is 0 Å². The molecule has 0 aliphatic carbocycles. The van der Waals surface area contributed by atoms with Crippen molar-refractivity contribution in [3.63, 3.8) is 0 Å². The summed E-state index contributed by atoms with van der Waals surface area (Å²) < 4.78 is 30.2. The third-order valence-electron chi connectivity index (χ3n) is 2.36. The molecule has 2 N–H and O–H groups in total. The van der Waals surface area contributed by atoms with Crippen LogP contribution in [-0.4, -0.2) is 57.7 Å². The van der Waals surface area contributed by atoms with Gasteiger partial charge in [-0.2, -0.15) is 15.0 Å². The second-order valence-corrected chi connectivity index (χ2v) is 3.90. The lowest BCUT2D eigenvalue weighted by Crippen LogP contribution is -2.16. The fourth-order valence-corrected chi connectivity index (χ4v) is 1.46.